The number of para-hydroxylation sites is 1. The van der Waals surface area contributed by atoms with Gasteiger partial charge in [0.25, 0.3) is 5.91 Å². The number of hydrogen-bond acceptors (Lipinski definition) is 5. The molecule has 0 spiro atoms. The molecule has 2 amide bonds. The monoisotopic (exact) mass is 418 g/mol. The second-order valence-electron chi connectivity index (χ2n) is 6.18. The largest absolute Gasteiger partial charge is 0.482 e. The lowest BCUT2D eigenvalue weighted by atomic mass is 10.2. The summed E-state index contributed by atoms with van der Waals surface area (Å²) < 4.78 is 10.2. The lowest BCUT2D eigenvalue weighted by molar-refractivity contribution is -0.153. The molecule has 0 aliphatic carbocycles. The van der Waals surface area contributed by atoms with Gasteiger partial charge in [0.05, 0.1) is 6.54 Å². The predicted octanol–water partition coefficient (Wildman–Crippen LogP) is 3.06. The normalized spacial score (nSPS) is 10.2. The number of benzene rings is 2. The van der Waals surface area contributed by atoms with Gasteiger partial charge in [-0.3, -0.25) is 9.59 Å². The Bertz CT molecular complexity index is 857. The highest BCUT2D eigenvalue weighted by atomic mass is 35.5. The lowest BCUT2D eigenvalue weighted by Gasteiger charge is -2.20. The molecule has 0 aromatic heterocycles. The van der Waals surface area contributed by atoms with Crippen LogP contribution in [0.3, 0.4) is 0 Å². The number of rotatable bonds is 9. The maximum Gasteiger partial charge on any atom is 0.344 e. The molecule has 0 bridgehead atoms. The van der Waals surface area contributed by atoms with E-state index in [1.807, 2.05) is 13.0 Å². The minimum atomic E-state index is -0.669. The summed E-state index contributed by atoms with van der Waals surface area (Å²) in [5.74, 6) is -0.987. The molecular weight excluding hydrogens is 396 g/mol. The summed E-state index contributed by atoms with van der Waals surface area (Å²) in [5.41, 5.74) is 1.43. The van der Waals surface area contributed by atoms with Crippen LogP contribution in [0.2, 0.25) is 5.02 Å². The Morgan fingerprint density at radius 2 is 1.79 bits per heavy atom. The van der Waals surface area contributed by atoms with E-state index in [9.17, 15) is 14.4 Å². The minimum absolute atomic E-state index is 0.167. The second kappa shape index (κ2) is 11.1. The number of likely N-dealkylation sites (N-methyl/N-ethyl adjacent to an activating group) is 1. The van der Waals surface area contributed by atoms with Crippen molar-refractivity contribution in [3.05, 3.63) is 59.1 Å². The maximum absolute atomic E-state index is 12.3. The summed E-state index contributed by atoms with van der Waals surface area (Å²) in [6.07, 6.45) is 0. The van der Waals surface area contributed by atoms with Gasteiger partial charge in [0, 0.05) is 17.3 Å². The van der Waals surface area contributed by atoms with Crippen molar-refractivity contribution in [2.24, 2.45) is 0 Å². The molecule has 7 nitrogen and oxygen atoms in total. The van der Waals surface area contributed by atoms with E-state index >= 15 is 0 Å². The van der Waals surface area contributed by atoms with Crippen molar-refractivity contribution < 1.29 is 23.9 Å². The molecule has 2 rings (SSSR count). The molecule has 1 N–H and O–H groups in total. The zero-order valence-electron chi connectivity index (χ0n) is 16.3. The first-order chi connectivity index (χ1) is 13.9. The smallest absolute Gasteiger partial charge is 0.344 e. The van der Waals surface area contributed by atoms with E-state index in [1.165, 1.54) is 4.90 Å². The van der Waals surface area contributed by atoms with Gasteiger partial charge in [0.2, 0.25) is 5.91 Å². The first-order valence-corrected chi connectivity index (χ1v) is 9.44. The van der Waals surface area contributed by atoms with Gasteiger partial charge in [0.15, 0.2) is 13.2 Å². The summed E-state index contributed by atoms with van der Waals surface area (Å²) in [7, 11) is 0. The molecule has 0 aliphatic rings. The summed E-state index contributed by atoms with van der Waals surface area (Å²) in [5, 5.41) is 3.23. The molecule has 0 radical (unpaired) electrons. The summed E-state index contributed by atoms with van der Waals surface area (Å²) in [6, 6.07) is 13.9. The Labute approximate surface area is 174 Å². The van der Waals surface area contributed by atoms with Crippen LogP contribution in [0, 0.1) is 6.92 Å². The number of nitrogens with one attached hydrogen (secondary N) is 1. The predicted molar refractivity (Wildman–Crippen MR) is 110 cm³/mol. The first-order valence-electron chi connectivity index (χ1n) is 9.06. The third-order valence-electron chi connectivity index (χ3n) is 4.00. The van der Waals surface area contributed by atoms with Crippen molar-refractivity contribution in [1.29, 1.82) is 0 Å². The van der Waals surface area contributed by atoms with E-state index in [0.717, 1.165) is 5.56 Å². The highest BCUT2D eigenvalue weighted by Crippen LogP contribution is 2.20. The van der Waals surface area contributed by atoms with Gasteiger partial charge < -0.3 is 19.7 Å². The number of amides is 2. The third kappa shape index (κ3) is 7.46. The SMILES string of the molecule is CCN(CC(=O)Nc1cc(Cl)ccc1C)C(=O)COC(=O)COc1ccccc1. The van der Waals surface area contributed by atoms with E-state index in [0.29, 0.717) is 23.0 Å². The van der Waals surface area contributed by atoms with Crippen LogP contribution in [-0.2, 0) is 19.1 Å². The number of carbonyl (C=O) groups excluding carboxylic acids is 3. The first kappa shape index (κ1) is 22.2. The van der Waals surface area contributed by atoms with Gasteiger partial charge in [-0.25, -0.2) is 4.79 Å². The highest BCUT2D eigenvalue weighted by molar-refractivity contribution is 6.31. The Hall–Kier alpha value is -3.06. The molecule has 0 saturated heterocycles. The van der Waals surface area contributed by atoms with Gasteiger partial charge >= 0.3 is 5.97 Å². The summed E-state index contributed by atoms with van der Waals surface area (Å²) >= 11 is 5.94. The summed E-state index contributed by atoms with van der Waals surface area (Å²) in [4.78, 5) is 37.6. The molecule has 8 heteroatoms. The minimum Gasteiger partial charge on any atom is -0.482 e. The second-order valence-corrected chi connectivity index (χ2v) is 6.61. The number of halogens is 1. The molecule has 29 heavy (non-hydrogen) atoms. The van der Waals surface area contributed by atoms with E-state index < -0.39 is 18.5 Å². The van der Waals surface area contributed by atoms with E-state index in [2.05, 4.69) is 5.32 Å². The number of anilines is 1. The molecule has 154 valence electrons. The Balaban J connectivity index is 1.79. The van der Waals surface area contributed by atoms with Gasteiger partial charge in [-0.05, 0) is 43.7 Å². The van der Waals surface area contributed by atoms with Crippen molar-refractivity contribution in [2.45, 2.75) is 13.8 Å². The van der Waals surface area contributed by atoms with Crippen molar-refractivity contribution in [3.63, 3.8) is 0 Å². The fourth-order valence-corrected chi connectivity index (χ4v) is 2.57. The van der Waals surface area contributed by atoms with Crippen LogP contribution in [0.4, 0.5) is 5.69 Å². The van der Waals surface area contributed by atoms with Crippen LogP contribution in [0.15, 0.2) is 48.5 Å². The molecule has 0 fully saturated rings. The quantitative estimate of drug-likeness (QED) is 0.632. The number of ether oxygens (including phenoxy) is 2. The Morgan fingerprint density at radius 1 is 1.07 bits per heavy atom. The number of nitrogens with zero attached hydrogens (tertiary/aromatic N) is 1. The molecule has 2 aromatic rings. The van der Waals surface area contributed by atoms with Gasteiger partial charge in [-0.2, -0.15) is 0 Å². The fraction of sp³-hybridized carbons (Fsp3) is 0.286. The average Bonchev–Trinajstić information content (AvgIpc) is 2.72. The van der Waals surface area contributed by atoms with E-state index in [4.69, 9.17) is 21.1 Å². The summed E-state index contributed by atoms with van der Waals surface area (Å²) in [6.45, 7) is 2.92. The fourth-order valence-electron chi connectivity index (χ4n) is 2.40. The molecule has 0 heterocycles. The van der Waals surface area contributed by atoms with Crippen molar-refractivity contribution in [3.8, 4) is 5.75 Å². The van der Waals surface area contributed by atoms with Crippen LogP contribution >= 0.6 is 11.6 Å². The topological polar surface area (TPSA) is 84.9 Å². The van der Waals surface area contributed by atoms with Crippen LogP contribution in [-0.4, -0.2) is 49.0 Å². The molecule has 0 atom stereocenters. The number of esters is 1. The molecule has 0 saturated carbocycles. The maximum atomic E-state index is 12.3. The Morgan fingerprint density at radius 3 is 2.48 bits per heavy atom. The van der Waals surface area contributed by atoms with E-state index in [-0.39, 0.29) is 19.1 Å². The lowest BCUT2D eigenvalue weighted by Crippen LogP contribution is -2.40. The van der Waals surface area contributed by atoms with Crippen molar-refractivity contribution in [2.75, 3.05) is 31.6 Å². The van der Waals surface area contributed by atoms with E-state index in [1.54, 1.807) is 49.4 Å². The molecule has 2 aromatic carbocycles. The zero-order chi connectivity index (χ0) is 21.2. The van der Waals surface area contributed by atoms with Gasteiger partial charge in [-0.15, -0.1) is 0 Å². The molecular formula is C21H23ClN2O5. The van der Waals surface area contributed by atoms with Crippen molar-refractivity contribution in [1.82, 2.24) is 4.90 Å². The average molecular weight is 419 g/mol. The highest BCUT2D eigenvalue weighted by Gasteiger charge is 2.18. The number of aryl methyl sites for hydroxylation is 1. The molecule has 0 unspecified atom stereocenters. The van der Waals surface area contributed by atoms with Crippen molar-refractivity contribution >= 4 is 35.1 Å². The standard InChI is InChI=1S/C21H23ClN2O5/c1-3-24(12-19(25)23-18-11-16(22)10-9-15(18)2)20(26)13-29-21(27)14-28-17-7-5-4-6-8-17/h4-11H,3,12-14H2,1-2H3,(H,23,25). The van der Waals surface area contributed by atoms with Crippen LogP contribution in [0.1, 0.15) is 12.5 Å². The zero-order valence-corrected chi connectivity index (χ0v) is 17.1. The van der Waals surface area contributed by atoms with Gasteiger partial charge in [-0.1, -0.05) is 35.9 Å². The van der Waals surface area contributed by atoms with Crippen LogP contribution in [0.5, 0.6) is 5.75 Å². The molecule has 0 aliphatic heterocycles. The third-order valence-corrected chi connectivity index (χ3v) is 4.23. The Kier molecular flexibility index (Phi) is 8.48. The number of carbonyl (C=O) groups is 3. The van der Waals surface area contributed by atoms with Crippen LogP contribution < -0.4 is 10.1 Å². The number of hydrogen-bond donors (Lipinski definition) is 1. The van der Waals surface area contributed by atoms with Crippen LogP contribution in [0.25, 0.3) is 0 Å². The van der Waals surface area contributed by atoms with Gasteiger partial charge in [0.1, 0.15) is 5.75 Å².